The predicted molar refractivity (Wildman–Crippen MR) is 71.5 cm³/mol. The molecule has 1 saturated heterocycles. The van der Waals surface area contributed by atoms with E-state index in [-0.39, 0.29) is 5.41 Å². The minimum Gasteiger partial charge on any atom is -0.396 e. The van der Waals surface area contributed by atoms with Crippen LogP contribution in [0.25, 0.3) is 0 Å². The lowest BCUT2D eigenvalue weighted by Gasteiger charge is -2.46. The molecule has 0 radical (unpaired) electrons. The summed E-state index contributed by atoms with van der Waals surface area (Å²) in [5, 5.41) is 9.62. The molecule has 3 heteroatoms. The average molecular weight is 253 g/mol. The molecule has 2 aliphatic carbocycles. The summed E-state index contributed by atoms with van der Waals surface area (Å²) in [6.07, 6.45) is 8.23. The van der Waals surface area contributed by atoms with Crippen molar-refractivity contribution in [3.8, 4) is 0 Å². The van der Waals surface area contributed by atoms with Crippen molar-refractivity contribution in [2.24, 2.45) is 11.3 Å². The molecule has 3 aliphatic rings. The first-order valence-electron chi connectivity index (χ1n) is 7.67. The fourth-order valence-corrected chi connectivity index (χ4v) is 3.55. The van der Waals surface area contributed by atoms with E-state index in [1.165, 1.54) is 38.5 Å². The second-order valence-corrected chi connectivity index (χ2v) is 6.97. The molecular weight excluding hydrogens is 226 g/mol. The Hall–Kier alpha value is -0.120. The van der Waals surface area contributed by atoms with Gasteiger partial charge in [0.25, 0.3) is 0 Å². The van der Waals surface area contributed by atoms with Gasteiger partial charge >= 0.3 is 0 Å². The van der Waals surface area contributed by atoms with E-state index in [0.717, 1.165) is 37.8 Å². The zero-order valence-electron chi connectivity index (χ0n) is 11.6. The van der Waals surface area contributed by atoms with Gasteiger partial charge in [-0.2, -0.15) is 0 Å². The molecule has 104 valence electrons. The SMILES string of the molecule is CC1CCC(N(CC2(CO)COC2)C2CC2)CC1. The number of ether oxygens (including phenoxy) is 1. The van der Waals surface area contributed by atoms with Crippen LogP contribution in [-0.2, 0) is 4.74 Å². The van der Waals surface area contributed by atoms with E-state index in [9.17, 15) is 5.11 Å². The maximum Gasteiger partial charge on any atom is 0.0579 e. The third-order valence-corrected chi connectivity index (χ3v) is 5.14. The summed E-state index contributed by atoms with van der Waals surface area (Å²) in [6.45, 7) is 5.25. The third kappa shape index (κ3) is 2.59. The fraction of sp³-hybridized carbons (Fsp3) is 1.00. The summed E-state index contributed by atoms with van der Waals surface area (Å²) in [5.41, 5.74) is 0.0612. The zero-order chi connectivity index (χ0) is 12.6. The number of hydrogen-bond donors (Lipinski definition) is 1. The molecule has 3 nitrogen and oxygen atoms in total. The Kier molecular flexibility index (Phi) is 3.65. The quantitative estimate of drug-likeness (QED) is 0.814. The number of hydrogen-bond acceptors (Lipinski definition) is 3. The predicted octanol–water partition coefficient (Wildman–Crippen LogP) is 2.04. The highest BCUT2D eigenvalue weighted by atomic mass is 16.5. The zero-order valence-corrected chi connectivity index (χ0v) is 11.6. The Morgan fingerprint density at radius 1 is 1.06 bits per heavy atom. The Labute approximate surface area is 110 Å². The minimum absolute atomic E-state index is 0.0612. The van der Waals surface area contributed by atoms with Gasteiger partial charge in [0.05, 0.1) is 25.2 Å². The van der Waals surface area contributed by atoms with E-state index < -0.39 is 0 Å². The second-order valence-electron chi connectivity index (χ2n) is 6.97. The van der Waals surface area contributed by atoms with Gasteiger partial charge in [-0.05, 0) is 44.4 Å². The summed E-state index contributed by atoms with van der Waals surface area (Å²) < 4.78 is 5.35. The first-order chi connectivity index (χ1) is 8.72. The van der Waals surface area contributed by atoms with E-state index in [2.05, 4.69) is 11.8 Å². The molecule has 18 heavy (non-hydrogen) atoms. The van der Waals surface area contributed by atoms with Gasteiger partial charge in [0, 0.05) is 18.6 Å². The molecule has 0 aromatic carbocycles. The van der Waals surface area contributed by atoms with E-state index in [0.29, 0.717) is 6.61 Å². The fourth-order valence-electron chi connectivity index (χ4n) is 3.55. The first-order valence-corrected chi connectivity index (χ1v) is 7.67. The van der Waals surface area contributed by atoms with Gasteiger partial charge in [-0.25, -0.2) is 0 Å². The Morgan fingerprint density at radius 3 is 2.00 bits per heavy atom. The first kappa shape index (κ1) is 12.9. The van der Waals surface area contributed by atoms with Crippen molar-refractivity contribution in [3.05, 3.63) is 0 Å². The summed E-state index contributed by atoms with van der Waals surface area (Å²) in [6, 6.07) is 1.59. The normalized spacial score (nSPS) is 35.5. The smallest absolute Gasteiger partial charge is 0.0579 e. The Bertz CT molecular complexity index is 273. The van der Waals surface area contributed by atoms with Crippen molar-refractivity contribution < 1.29 is 9.84 Å². The molecule has 0 unspecified atom stereocenters. The van der Waals surface area contributed by atoms with E-state index in [4.69, 9.17) is 4.74 Å². The molecule has 1 heterocycles. The van der Waals surface area contributed by atoms with Crippen LogP contribution in [-0.4, -0.2) is 48.5 Å². The summed E-state index contributed by atoms with van der Waals surface area (Å²) in [4.78, 5) is 2.73. The number of rotatable bonds is 5. The third-order valence-electron chi connectivity index (χ3n) is 5.14. The largest absolute Gasteiger partial charge is 0.396 e. The lowest BCUT2D eigenvalue weighted by molar-refractivity contribution is -0.153. The van der Waals surface area contributed by atoms with Gasteiger partial charge in [0.15, 0.2) is 0 Å². The van der Waals surface area contributed by atoms with Gasteiger partial charge in [0.1, 0.15) is 0 Å². The molecule has 0 aromatic rings. The van der Waals surface area contributed by atoms with Crippen molar-refractivity contribution in [1.82, 2.24) is 4.90 Å². The van der Waals surface area contributed by atoms with Crippen LogP contribution < -0.4 is 0 Å². The minimum atomic E-state index is 0.0612. The van der Waals surface area contributed by atoms with Crippen LogP contribution in [0.15, 0.2) is 0 Å². The van der Waals surface area contributed by atoms with Gasteiger partial charge in [-0.3, -0.25) is 4.90 Å². The highest BCUT2D eigenvalue weighted by molar-refractivity contribution is 4.96. The molecule has 3 fully saturated rings. The molecule has 2 saturated carbocycles. The Morgan fingerprint density at radius 2 is 1.61 bits per heavy atom. The lowest BCUT2D eigenvalue weighted by Crippen LogP contribution is -2.56. The van der Waals surface area contributed by atoms with Crippen molar-refractivity contribution in [2.75, 3.05) is 26.4 Å². The van der Waals surface area contributed by atoms with Crippen molar-refractivity contribution in [2.45, 2.75) is 57.5 Å². The topological polar surface area (TPSA) is 32.7 Å². The van der Waals surface area contributed by atoms with Gasteiger partial charge in [-0.15, -0.1) is 0 Å². The van der Waals surface area contributed by atoms with Crippen LogP contribution >= 0.6 is 0 Å². The number of nitrogens with zero attached hydrogens (tertiary/aromatic N) is 1. The summed E-state index contributed by atoms with van der Waals surface area (Å²) >= 11 is 0. The second kappa shape index (κ2) is 5.10. The average Bonchev–Trinajstić information content (AvgIpc) is 3.15. The molecule has 0 atom stereocenters. The highest BCUT2D eigenvalue weighted by Gasteiger charge is 2.44. The van der Waals surface area contributed by atoms with E-state index in [1.807, 2.05) is 0 Å². The highest BCUT2D eigenvalue weighted by Crippen LogP contribution is 2.39. The van der Waals surface area contributed by atoms with Crippen LogP contribution in [0.5, 0.6) is 0 Å². The summed E-state index contributed by atoms with van der Waals surface area (Å²) in [5.74, 6) is 0.918. The van der Waals surface area contributed by atoms with E-state index >= 15 is 0 Å². The van der Waals surface area contributed by atoms with Crippen LogP contribution in [0.3, 0.4) is 0 Å². The van der Waals surface area contributed by atoms with Crippen molar-refractivity contribution >= 4 is 0 Å². The number of aliphatic hydroxyl groups is 1. The van der Waals surface area contributed by atoms with Crippen LogP contribution in [0.2, 0.25) is 0 Å². The summed E-state index contributed by atoms with van der Waals surface area (Å²) in [7, 11) is 0. The molecule has 0 bridgehead atoms. The lowest BCUT2D eigenvalue weighted by atomic mass is 9.82. The maximum absolute atomic E-state index is 9.62. The van der Waals surface area contributed by atoms with Crippen molar-refractivity contribution in [3.63, 3.8) is 0 Å². The van der Waals surface area contributed by atoms with Gasteiger partial charge in [-0.1, -0.05) is 6.92 Å². The standard InChI is InChI=1S/C15H27NO2/c1-12-2-4-13(5-3-12)16(14-6-7-14)8-15(9-17)10-18-11-15/h12-14,17H,2-11H2,1H3. The van der Waals surface area contributed by atoms with Crippen molar-refractivity contribution in [1.29, 1.82) is 0 Å². The molecule has 1 aliphatic heterocycles. The van der Waals surface area contributed by atoms with Crippen LogP contribution in [0.4, 0.5) is 0 Å². The Balaban J connectivity index is 1.61. The molecule has 1 N–H and O–H groups in total. The molecule has 0 aromatic heterocycles. The molecule has 0 amide bonds. The van der Waals surface area contributed by atoms with E-state index in [1.54, 1.807) is 0 Å². The van der Waals surface area contributed by atoms with Gasteiger partial charge in [0.2, 0.25) is 0 Å². The van der Waals surface area contributed by atoms with Crippen LogP contribution in [0, 0.1) is 11.3 Å². The maximum atomic E-state index is 9.62. The van der Waals surface area contributed by atoms with Crippen LogP contribution in [0.1, 0.15) is 45.4 Å². The molecule has 3 rings (SSSR count). The monoisotopic (exact) mass is 253 g/mol. The van der Waals surface area contributed by atoms with Gasteiger partial charge < -0.3 is 9.84 Å². The molecular formula is C15H27NO2. The molecule has 0 spiro atoms. The number of aliphatic hydroxyl groups excluding tert-OH is 1.